The van der Waals surface area contributed by atoms with E-state index >= 15 is 0 Å². The van der Waals surface area contributed by atoms with Crippen molar-refractivity contribution < 1.29 is 9.59 Å². The SMILES string of the molecule is CC(=O)Nc1ccc(-c2nc(C(=O)NCCCN(C)C)c(C)s2)cc1. The summed E-state index contributed by atoms with van der Waals surface area (Å²) < 4.78 is 0. The number of rotatable bonds is 7. The molecule has 0 aliphatic heterocycles. The van der Waals surface area contributed by atoms with Gasteiger partial charge in [-0.1, -0.05) is 0 Å². The zero-order chi connectivity index (χ0) is 18.4. The molecule has 2 N–H and O–H groups in total. The Morgan fingerprint density at radius 2 is 1.88 bits per heavy atom. The van der Waals surface area contributed by atoms with Crippen molar-refractivity contribution in [2.24, 2.45) is 0 Å². The molecule has 0 saturated carbocycles. The molecular formula is C18H24N4O2S. The van der Waals surface area contributed by atoms with Crippen molar-refractivity contribution in [1.29, 1.82) is 0 Å². The number of benzene rings is 1. The maximum Gasteiger partial charge on any atom is 0.271 e. The Hall–Kier alpha value is -2.25. The van der Waals surface area contributed by atoms with Crippen LogP contribution in [0.2, 0.25) is 0 Å². The molecule has 0 unspecified atom stereocenters. The summed E-state index contributed by atoms with van der Waals surface area (Å²) in [5, 5.41) is 6.45. The number of carbonyl (C=O) groups is 2. The van der Waals surface area contributed by atoms with Crippen LogP contribution in [-0.4, -0.2) is 48.9 Å². The minimum Gasteiger partial charge on any atom is -0.351 e. The zero-order valence-corrected chi connectivity index (χ0v) is 15.9. The van der Waals surface area contributed by atoms with Gasteiger partial charge in [-0.2, -0.15) is 0 Å². The van der Waals surface area contributed by atoms with E-state index in [0.29, 0.717) is 12.2 Å². The average molecular weight is 360 g/mol. The molecule has 6 nitrogen and oxygen atoms in total. The van der Waals surface area contributed by atoms with E-state index in [4.69, 9.17) is 0 Å². The molecule has 2 rings (SSSR count). The van der Waals surface area contributed by atoms with Gasteiger partial charge in [-0.05, 0) is 58.3 Å². The minimum atomic E-state index is -0.131. The molecule has 1 heterocycles. The van der Waals surface area contributed by atoms with Gasteiger partial charge in [-0.3, -0.25) is 9.59 Å². The summed E-state index contributed by atoms with van der Waals surface area (Å²) in [7, 11) is 4.02. The van der Waals surface area contributed by atoms with Crippen LogP contribution in [0.3, 0.4) is 0 Å². The highest BCUT2D eigenvalue weighted by Crippen LogP contribution is 2.28. The number of aromatic nitrogens is 1. The van der Waals surface area contributed by atoms with Crippen LogP contribution in [0.25, 0.3) is 10.6 Å². The summed E-state index contributed by atoms with van der Waals surface area (Å²) in [6.07, 6.45) is 0.902. The van der Waals surface area contributed by atoms with E-state index in [-0.39, 0.29) is 11.8 Å². The van der Waals surface area contributed by atoms with Crippen molar-refractivity contribution in [3.8, 4) is 10.6 Å². The Bertz CT molecular complexity index is 738. The molecule has 0 saturated heterocycles. The molecule has 134 valence electrons. The Balaban J connectivity index is 2.03. The van der Waals surface area contributed by atoms with Crippen molar-refractivity contribution >= 4 is 28.8 Å². The number of amides is 2. The monoisotopic (exact) mass is 360 g/mol. The summed E-state index contributed by atoms with van der Waals surface area (Å²) in [5.74, 6) is -0.236. The predicted octanol–water partition coefficient (Wildman–Crippen LogP) is 2.76. The molecule has 1 aromatic carbocycles. The third kappa shape index (κ3) is 5.65. The lowest BCUT2D eigenvalue weighted by molar-refractivity contribution is -0.114. The highest BCUT2D eigenvalue weighted by Gasteiger charge is 2.16. The first-order valence-electron chi connectivity index (χ1n) is 8.15. The zero-order valence-electron chi connectivity index (χ0n) is 15.0. The minimum absolute atomic E-state index is 0.105. The van der Waals surface area contributed by atoms with Gasteiger partial charge in [0.1, 0.15) is 10.7 Å². The molecule has 2 aromatic rings. The molecule has 0 aliphatic rings. The lowest BCUT2D eigenvalue weighted by Crippen LogP contribution is -2.27. The standard InChI is InChI=1S/C18H24N4O2S/c1-12-16(17(24)19-10-5-11-22(3)4)21-18(25-12)14-6-8-15(9-7-14)20-13(2)23/h6-9H,5,10-11H2,1-4H3,(H,19,24)(H,20,23). The predicted molar refractivity (Wildman–Crippen MR) is 102 cm³/mol. The lowest BCUT2D eigenvalue weighted by atomic mass is 10.2. The fraction of sp³-hybridized carbons (Fsp3) is 0.389. The number of hydrogen-bond acceptors (Lipinski definition) is 5. The van der Waals surface area contributed by atoms with Gasteiger partial charge in [0.25, 0.3) is 5.91 Å². The first-order chi connectivity index (χ1) is 11.9. The van der Waals surface area contributed by atoms with E-state index in [1.54, 1.807) is 0 Å². The molecule has 0 spiro atoms. The van der Waals surface area contributed by atoms with Crippen LogP contribution in [0.1, 0.15) is 28.7 Å². The van der Waals surface area contributed by atoms with E-state index < -0.39 is 0 Å². The molecule has 0 atom stereocenters. The van der Waals surface area contributed by atoms with Gasteiger partial charge in [-0.15, -0.1) is 11.3 Å². The van der Waals surface area contributed by atoms with Crippen LogP contribution in [0.5, 0.6) is 0 Å². The fourth-order valence-corrected chi connectivity index (χ4v) is 3.23. The van der Waals surface area contributed by atoms with E-state index in [9.17, 15) is 9.59 Å². The van der Waals surface area contributed by atoms with Gasteiger partial charge >= 0.3 is 0 Å². The first kappa shape index (κ1) is 19.1. The molecule has 0 aliphatic carbocycles. The van der Waals surface area contributed by atoms with Crippen molar-refractivity contribution in [2.75, 3.05) is 32.5 Å². The van der Waals surface area contributed by atoms with Crippen LogP contribution in [-0.2, 0) is 4.79 Å². The summed E-state index contributed by atoms with van der Waals surface area (Å²) in [5.41, 5.74) is 2.15. The number of nitrogens with zero attached hydrogens (tertiary/aromatic N) is 2. The van der Waals surface area contributed by atoms with Crippen LogP contribution < -0.4 is 10.6 Å². The normalized spacial score (nSPS) is 10.8. The van der Waals surface area contributed by atoms with E-state index in [1.807, 2.05) is 45.3 Å². The van der Waals surface area contributed by atoms with Crippen molar-refractivity contribution in [2.45, 2.75) is 20.3 Å². The number of aryl methyl sites for hydroxylation is 1. The molecular weight excluding hydrogens is 336 g/mol. The molecule has 25 heavy (non-hydrogen) atoms. The Labute approximate surface area is 152 Å². The van der Waals surface area contributed by atoms with Crippen LogP contribution >= 0.6 is 11.3 Å². The number of nitrogens with one attached hydrogen (secondary N) is 2. The number of thiazole rings is 1. The van der Waals surface area contributed by atoms with Gasteiger partial charge < -0.3 is 15.5 Å². The van der Waals surface area contributed by atoms with Crippen molar-refractivity contribution in [3.05, 3.63) is 34.8 Å². The van der Waals surface area contributed by atoms with Gasteiger partial charge in [0, 0.05) is 29.6 Å². The summed E-state index contributed by atoms with van der Waals surface area (Å²) in [6, 6.07) is 7.44. The maximum absolute atomic E-state index is 12.3. The molecule has 2 amide bonds. The third-order valence-corrected chi connectivity index (χ3v) is 4.55. The van der Waals surface area contributed by atoms with Crippen LogP contribution in [0.15, 0.2) is 24.3 Å². The quantitative estimate of drug-likeness (QED) is 0.745. The summed E-state index contributed by atoms with van der Waals surface area (Å²) in [6.45, 7) is 4.94. The van der Waals surface area contributed by atoms with Gasteiger partial charge in [0.05, 0.1) is 0 Å². The van der Waals surface area contributed by atoms with E-state index in [2.05, 4.69) is 20.5 Å². The lowest BCUT2D eigenvalue weighted by Gasteiger charge is -2.09. The number of hydrogen-bond donors (Lipinski definition) is 2. The van der Waals surface area contributed by atoms with Gasteiger partial charge in [0.15, 0.2) is 0 Å². The summed E-state index contributed by atoms with van der Waals surface area (Å²) in [4.78, 5) is 30.8. The highest BCUT2D eigenvalue weighted by molar-refractivity contribution is 7.15. The van der Waals surface area contributed by atoms with E-state index in [0.717, 1.165) is 34.1 Å². The molecule has 1 aromatic heterocycles. The third-order valence-electron chi connectivity index (χ3n) is 3.53. The van der Waals surface area contributed by atoms with Gasteiger partial charge in [-0.25, -0.2) is 4.98 Å². The molecule has 0 fully saturated rings. The number of anilines is 1. The fourth-order valence-electron chi connectivity index (χ4n) is 2.31. The highest BCUT2D eigenvalue weighted by atomic mass is 32.1. The molecule has 0 bridgehead atoms. The largest absolute Gasteiger partial charge is 0.351 e. The van der Waals surface area contributed by atoms with E-state index in [1.165, 1.54) is 18.3 Å². The Kier molecular flexibility index (Phi) is 6.66. The second kappa shape index (κ2) is 8.73. The number of carbonyl (C=O) groups excluding carboxylic acids is 2. The molecule has 7 heteroatoms. The van der Waals surface area contributed by atoms with Gasteiger partial charge in [0.2, 0.25) is 5.91 Å². The van der Waals surface area contributed by atoms with Crippen LogP contribution in [0, 0.1) is 6.92 Å². The Morgan fingerprint density at radius 3 is 2.48 bits per heavy atom. The first-order valence-corrected chi connectivity index (χ1v) is 8.97. The second-order valence-electron chi connectivity index (χ2n) is 6.10. The topological polar surface area (TPSA) is 74.3 Å². The Morgan fingerprint density at radius 1 is 1.20 bits per heavy atom. The summed E-state index contributed by atoms with van der Waals surface area (Å²) >= 11 is 1.49. The van der Waals surface area contributed by atoms with Crippen molar-refractivity contribution in [1.82, 2.24) is 15.2 Å². The smallest absolute Gasteiger partial charge is 0.271 e. The van der Waals surface area contributed by atoms with Crippen LogP contribution in [0.4, 0.5) is 5.69 Å². The molecule has 0 radical (unpaired) electrons. The maximum atomic E-state index is 12.3. The second-order valence-corrected chi connectivity index (χ2v) is 7.30. The van der Waals surface area contributed by atoms with Crippen molar-refractivity contribution in [3.63, 3.8) is 0 Å². The average Bonchev–Trinajstić information content (AvgIpc) is 2.93.